The molecule has 3 nitrogen and oxygen atoms in total. The molecule has 1 heterocycles. The summed E-state index contributed by atoms with van der Waals surface area (Å²) in [5, 5.41) is 13.5. The lowest BCUT2D eigenvalue weighted by molar-refractivity contribution is 1.49. The molecule has 0 aliphatic heterocycles. The maximum absolute atomic E-state index is 7.82. The molecule has 0 atom stereocenters. The lowest BCUT2D eigenvalue weighted by Crippen LogP contribution is -1.96. The van der Waals surface area contributed by atoms with Crippen LogP contribution in [0, 0.1) is 5.41 Å². The van der Waals surface area contributed by atoms with Crippen LogP contribution in [0.2, 0.25) is 0 Å². The molecule has 0 fully saturated rings. The van der Waals surface area contributed by atoms with E-state index in [1.807, 2.05) is 48.5 Å². The fourth-order valence-corrected chi connectivity index (χ4v) is 2.88. The zero-order chi connectivity index (χ0) is 14.9. The second-order valence-electron chi connectivity index (χ2n) is 5.26. The Morgan fingerprint density at radius 2 is 1.59 bits per heavy atom. The molecule has 4 aromatic rings. The topological polar surface area (TPSA) is 51.7 Å². The Balaban J connectivity index is 1.93. The number of aromatic nitrogens is 1. The van der Waals surface area contributed by atoms with E-state index in [0.717, 1.165) is 33.4 Å². The molecule has 106 valence electrons. The van der Waals surface area contributed by atoms with Crippen molar-refractivity contribution < 1.29 is 0 Å². The van der Waals surface area contributed by atoms with Crippen LogP contribution in [0.1, 0.15) is 5.56 Å². The zero-order valence-electron chi connectivity index (χ0n) is 11.9. The van der Waals surface area contributed by atoms with Crippen molar-refractivity contribution in [2.24, 2.45) is 0 Å². The molecule has 4 rings (SSSR count). The molecular formula is C19H15N3. The molecule has 0 spiro atoms. The SMILES string of the molecule is N=Cc1c(Nc2ccccc2)ccc2c1[nH]c1ccccc12. The summed E-state index contributed by atoms with van der Waals surface area (Å²) in [7, 11) is 0. The Bertz CT molecular complexity index is 968. The second-order valence-corrected chi connectivity index (χ2v) is 5.26. The van der Waals surface area contributed by atoms with Gasteiger partial charge in [-0.15, -0.1) is 0 Å². The monoisotopic (exact) mass is 285 g/mol. The minimum atomic E-state index is 0.873. The van der Waals surface area contributed by atoms with Crippen molar-refractivity contribution in [3.63, 3.8) is 0 Å². The van der Waals surface area contributed by atoms with Crippen LogP contribution in [0.4, 0.5) is 11.4 Å². The van der Waals surface area contributed by atoms with Crippen molar-refractivity contribution in [3.8, 4) is 0 Å². The fourth-order valence-electron chi connectivity index (χ4n) is 2.88. The van der Waals surface area contributed by atoms with Gasteiger partial charge in [-0.05, 0) is 24.3 Å². The predicted octanol–water partition coefficient (Wildman–Crippen LogP) is 5.06. The zero-order valence-corrected chi connectivity index (χ0v) is 11.9. The van der Waals surface area contributed by atoms with Crippen LogP contribution in [0.5, 0.6) is 0 Å². The predicted molar refractivity (Wildman–Crippen MR) is 93.4 cm³/mol. The van der Waals surface area contributed by atoms with Crippen molar-refractivity contribution in [2.75, 3.05) is 5.32 Å². The molecule has 3 aromatic carbocycles. The number of rotatable bonds is 3. The molecule has 1 aromatic heterocycles. The molecule has 3 heteroatoms. The number of nitrogens with one attached hydrogen (secondary N) is 3. The number of benzene rings is 3. The smallest absolute Gasteiger partial charge is 0.0574 e. The van der Waals surface area contributed by atoms with Crippen LogP contribution in [0.25, 0.3) is 21.8 Å². The third-order valence-corrected chi connectivity index (χ3v) is 3.92. The van der Waals surface area contributed by atoms with Gasteiger partial charge in [0.25, 0.3) is 0 Å². The van der Waals surface area contributed by atoms with Crippen LogP contribution in [0.15, 0.2) is 66.7 Å². The third kappa shape index (κ3) is 1.95. The number of hydrogen-bond acceptors (Lipinski definition) is 2. The second kappa shape index (κ2) is 5.04. The third-order valence-electron chi connectivity index (χ3n) is 3.92. The van der Waals surface area contributed by atoms with Gasteiger partial charge in [-0.2, -0.15) is 0 Å². The van der Waals surface area contributed by atoms with Crippen LogP contribution >= 0.6 is 0 Å². The van der Waals surface area contributed by atoms with Gasteiger partial charge in [0.15, 0.2) is 0 Å². The van der Waals surface area contributed by atoms with E-state index in [1.165, 1.54) is 11.6 Å². The van der Waals surface area contributed by atoms with Gasteiger partial charge in [-0.25, -0.2) is 0 Å². The Labute approximate surface area is 128 Å². The first-order valence-corrected chi connectivity index (χ1v) is 7.23. The molecule has 0 bridgehead atoms. The van der Waals surface area contributed by atoms with E-state index in [1.54, 1.807) is 0 Å². The van der Waals surface area contributed by atoms with E-state index < -0.39 is 0 Å². The number of para-hydroxylation sites is 2. The molecular weight excluding hydrogens is 270 g/mol. The molecule has 0 radical (unpaired) electrons. The highest BCUT2D eigenvalue weighted by molar-refractivity contribution is 6.14. The van der Waals surface area contributed by atoms with E-state index in [4.69, 9.17) is 5.41 Å². The Morgan fingerprint density at radius 1 is 0.818 bits per heavy atom. The number of aromatic amines is 1. The summed E-state index contributed by atoms with van der Waals surface area (Å²) in [5.41, 5.74) is 4.91. The van der Waals surface area contributed by atoms with Gasteiger partial charge in [-0.3, -0.25) is 0 Å². The summed E-state index contributed by atoms with van der Waals surface area (Å²) in [5.74, 6) is 0. The van der Waals surface area contributed by atoms with E-state index >= 15 is 0 Å². The minimum Gasteiger partial charge on any atom is -0.355 e. The van der Waals surface area contributed by atoms with Gasteiger partial charge >= 0.3 is 0 Å². The van der Waals surface area contributed by atoms with E-state index in [9.17, 15) is 0 Å². The maximum atomic E-state index is 7.82. The van der Waals surface area contributed by atoms with Crippen molar-refractivity contribution >= 4 is 39.4 Å². The highest BCUT2D eigenvalue weighted by Crippen LogP contribution is 2.32. The van der Waals surface area contributed by atoms with Gasteiger partial charge in [0, 0.05) is 39.4 Å². The van der Waals surface area contributed by atoms with Gasteiger partial charge in [0.2, 0.25) is 0 Å². The fraction of sp³-hybridized carbons (Fsp3) is 0. The molecule has 0 aliphatic carbocycles. The minimum absolute atomic E-state index is 0.873. The Hall–Kier alpha value is -3.07. The molecule has 0 saturated heterocycles. The largest absolute Gasteiger partial charge is 0.355 e. The van der Waals surface area contributed by atoms with E-state index in [0.29, 0.717) is 0 Å². The maximum Gasteiger partial charge on any atom is 0.0574 e. The summed E-state index contributed by atoms with van der Waals surface area (Å²) >= 11 is 0. The standard InChI is InChI=1S/C19H15N3/c20-12-16-18(21-13-6-2-1-3-7-13)11-10-15-14-8-4-5-9-17(14)22-19(15)16/h1-12,20-22H. The van der Waals surface area contributed by atoms with Crippen molar-refractivity contribution in [1.29, 1.82) is 5.41 Å². The van der Waals surface area contributed by atoms with Gasteiger partial charge in [-0.1, -0.05) is 42.5 Å². The highest BCUT2D eigenvalue weighted by Gasteiger charge is 2.10. The summed E-state index contributed by atoms with van der Waals surface area (Å²) in [6.07, 6.45) is 1.41. The van der Waals surface area contributed by atoms with Crippen LogP contribution in [-0.4, -0.2) is 11.2 Å². The summed E-state index contributed by atoms with van der Waals surface area (Å²) in [6.45, 7) is 0. The molecule has 22 heavy (non-hydrogen) atoms. The quantitative estimate of drug-likeness (QED) is 0.453. The lowest BCUT2D eigenvalue weighted by atomic mass is 10.1. The van der Waals surface area contributed by atoms with Gasteiger partial charge in [0.05, 0.1) is 5.52 Å². The first kappa shape index (κ1) is 12.7. The first-order valence-electron chi connectivity index (χ1n) is 7.23. The molecule has 0 saturated carbocycles. The van der Waals surface area contributed by atoms with Gasteiger partial charge in [0.1, 0.15) is 0 Å². The summed E-state index contributed by atoms with van der Waals surface area (Å²) < 4.78 is 0. The van der Waals surface area contributed by atoms with Crippen molar-refractivity contribution in [3.05, 3.63) is 72.3 Å². The molecule has 0 amide bonds. The lowest BCUT2D eigenvalue weighted by Gasteiger charge is -2.10. The average Bonchev–Trinajstić information content (AvgIpc) is 2.94. The molecule has 0 aliphatic rings. The van der Waals surface area contributed by atoms with E-state index in [-0.39, 0.29) is 0 Å². The average molecular weight is 285 g/mol. The summed E-state index contributed by atoms with van der Waals surface area (Å²) in [4.78, 5) is 3.43. The van der Waals surface area contributed by atoms with Crippen LogP contribution in [0.3, 0.4) is 0 Å². The number of anilines is 2. The number of H-pyrrole nitrogens is 1. The molecule has 3 N–H and O–H groups in total. The normalized spacial score (nSPS) is 10.9. The molecule has 0 unspecified atom stereocenters. The number of fused-ring (bicyclic) bond motifs is 3. The Morgan fingerprint density at radius 3 is 2.41 bits per heavy atom. The van der Waals surface area contributed by atoms with Crippen LogP contribution < -0.4 is 5.32 Å². The summed E-state index contributed by atoms with van der Waals surface area (Å²) in [6, 6.07) is 22.4. The first-order chi connectivity index (χ1) is 10.9. The van der Waals surface area contributed by atoms with Crippen molar-refractivity contribution in [2.45, 2.75) is 0 Å². The van der Waals surface area contributed by atoms with Crippen LogP contribution in [-0.2, 0) is 0 Å². The highest BCUT2D eigenvalue weighted by atomic mass is 14.9. The van der Waals surface area contributed by atoms with Crippen molar-refractivity contribution in [1.82, 2.24) is 4.98 Å². The number of hydrogen-bond donors (Lipinski definition) is 3. The van der Waals surface area contributed by atoms with E-state index in [2.05, 4.69) is 28.5 Å². The Kier molecular flexibility index (Phi) is 2.90. The van der Waals surface area contributed by atoms with Gasteiger partial charge < -0.3 is 15.7 Å².